The minimum atomic E-state index is -0.310. The minimum absolute atomic E-state index is 0.0650. The van der Waals surface area contributed by atoms with Crippen LogP contribution in [0.3, 0.4) is 0 Å². The lowest BCUT2D eigenvalue weighted by molar-refractivity contribution is -0.123. The lowest BCUT2D eigenvalue weighted by atomic mass is 9.49. The normalized spacial score (nSPS) is 35.2. The molecule has 0 aromatic carbocycles. The average Bonchev–Trinajstić information content (AvgIpc) is 2.92. The molecule has 2 N–H and O–H groups in total. The first-order chi connectivity index (χ1) is 11.6. The molecule has 4 fully saturated rings. The summed E-state index contributed by atoms with van der Waals surface area (Å²) in [5.41, 5.74) is 1.46. The van der Waals surface area contributed by atoms with Crippen LogP contribution < -0.4 is 10.6 Å². The summed E-state index contributed by atoms with van der Waals surface area (Å²) in [4.78, 5) is 12.6. The van der Waals surface area contributed by atoms with Crippen LogP contribution in [0.25, 0.3) is 0 Å². The van der Waals surface area contributed by atoms with Crippen LogP contribution in [-0.4, -0.2) is 29.3 Å². The van der Waals surface area contributed by atoms with Crippen molar-refractivity contribution in [3.05, 3.63) is 18.0 Å². The van der Waals surface area contributed by atoms with Gasteiger partial charge in [0.15, 0.2) is 0 Å². The summed E-state index contributed by atoms with van der Waals surface area (Å²) in [6, 6.07) is -0.310. The van der Waals surface area contributed by atoms with Gasteiger partial charge in [-0.15, -0.1) is 0 Å². The highest BCUT2D eigenvalue weighted by molar-refractivity contribution is 5.82. The average molecular weight is 330 g/mol. The van der Waals surface area contributed by atoms with Gasteiger partial charge in [0, 0.05) is 25.4 Å². The second-order valence-electron chi connectivity index (χ2n) is 8.63. The van der Waals surface area contributed by atoms with E-state index in [1.54, 1.807) is 10.9 Å². The monoisotopic (exact) mass is 330 g/mol. The van der Waals surface area contributed by atoms with Gasteiger partial charge in [-0.2, -0.15) is 5.10 Å². The molecule has 1 amide bonds. The summed E-state index contributed by atoms with van der Waals surface area (Å²) < 4.78 is 1.74. The molecule has 4 saturated carbocycles. The fraction of sp³-hybridized carbons (Fsp3) is 0.789. The first-order valence-corrected chi connectivity index (χ1v) is 9.50. The quantitative estimate of drug-likeness (QED) is 0.842. The van der Waals surface area contributed by atoms with E-state index in [0.29, 0.717) is 5.41 Å². The number of amides is 1. The molecule has 4 aliphatic carbocycles. The number of hydrogen-bond acceptors (Lipinski definition) is 3. The Morgan fingerprint density at radius 3 is 2.42 bits per heavy atom. The summed E-state index contributed by atoms with van der Waals surface area (Å²) in [5.74, 6) is 3.00. The molecular formula is C19H30N4O. The Morgan fingerprint density at radius 1 is 1.29 bits per heavy atom. The van der Waals surface area contributed by atoms with E-state index in [2.05, 4.69) is 15.7 Å². The highest BCUT2D eigenvalue weighted by Crippen LogP contribution is 2.61. The van der Waals surface area contributed by atoms with E-state index in [0.717, 1.165) is 36.3 Å². The van der Waals surface area contributed by atoms with E-state index in [1.165, 1.54) is 38.5 Å². The Hall–Kier alpha value is -1.36. The fourth-order valence-electron chi connectivity index (χ4n) is 6.19. The number of carbonyl (C=O) groups is 1. The molecule has 5 rings (SSSR count). The molecule has 1 atom stereocenters. The van der Waals surface area contributed by atoms with Crippen LogP contribution in [0.5, 0.6) is 0 Å². The molecule has 0 saturated heterocycles. The van der Waals surface area contributed by atoms with E-state index in [4.69, 9.17) is 0 Å². The Labute approximate surface area is 144 Å². The summed E-state index contributed by atoms with van der Waals surface area (Å²) in [6.07, 6.45) is 13.5. The van der Waals surface area contributed by atoms with Crippen molar-refractivity contribution in [1.29, 1.82) is 0 Å². The molecule has 0 aliphatic heterocycles. The lowest BCUT2D eigenvalue weighted by Gasteiger charge is -2.57. The SMILES string of the molecule is CNC(C(=O)NCCC12CC3CC(CC(C3)C1)C2)c1cnn(C)c1. The number of likely N-dealkylation sites (N-methyl/N-ethyl adjacent to an activating group) is 1. The second-order valence-corrected chi connectivity index (χ2v) is 8.63. The number of nitrogens with one attached hydrogen (secondary N) is 2. The molecule has 5 nitrogen and oxygen atoms in total. The Morgan fingerprint density at radius 2 is 1.92 bits per heavy atom. The summed E-state index contributed by atoms with van der Waals surface area (Å²) in [5, 5.41) is 10.5. The molecule has 4 aliphatic rings. The fourth-order valence-corrected chi connectivity index (χ4v) is 6.19. The number of aryl methyl sites for hydroxylation is 1. The van der Waals surface area contributed by atoms with Crippen molar-refractivity contribution in [2.45, 2.75) is 51.0 Å². The third-order valence-corrected chi connectivity index (χ3v) is 6.73. The van der Waals surface area contributed by atoms with Crippen molar-refractivity contribution in [3.8, 4) is 0 Å². The van der Waals surface area contributed by atoms with Gasteiger partial charge in [-0.25, -0.2) is 0 Å². The van der Waals surface area contributed by atoms with Gasteiger partial charge in [0.1, 0.15) is 6.04 Å². The molecule has 0 spiro atoms. The van der Waals surface area contributed by atoms with Gasteiger partial charge in [0.05, 0.1) is 6.20 Å². The number of rotatable bonds is 6. The van der Waals surface area contributed by atoms with Gasteiger partial charge in [0.25, 0.3) is 0 Å². The maximum Gasteiger partial charge on any atom is 0.241 e. The van der Waals surface area contributed by atoms with Crippen LogP contribution >= 0.6 is 0 Å². The van der Waals surface area contributed by atoms with Crippen LogP contribution in [-0.2, 0) is 11.8 Å². The van der Waals surface area contributed by atoms with E-state index in [1.807, 2.05) is 20.3 Å². The highest BCUT2D eigenvalue weighted by atomic mass is 16.2. The third kappa shape index (κ3) is 2.99. The molecule has 1 unspecified atom stereocenters. The van der Waals surface area contributed by atoms with E-state index < -0.39 is 0 Å². The van der Waals surface area contributed by atoms with Crippen LogP contribution in [0, 0.1) is 23.2 Å². The van der Waals surface area contributed by atoms with Crippen molar-refractivity contribution in [3.63, 3.8) is 0 Å². The van der Waals surface area contributed by atoms with Gasteiger partial charge in [-0.05, 0) is 75.2 Å². The Kier molecular flexibility index (Phi) is 4.15. The van der Waals surface area contributed by atoms with Gasteiger partial charge in [0.2, 0.25) is 5.91 Å². The smallest absolute Gasteiger partial charge is 0.241 e. The molecule has 0 radical (unpaired) electrons. The Bertz CT molecular complexity index is 573. The van der Waals surface area contributed by atoms with E-state index in [-0.39, 0.29) is 11.9 Å². The standard InChI is InChI=1S/C19H30N4O/c1-20-17(16-11-22-23(2)12-16)18(24)21-4-3-19-8-13-5-14(9-19)7-15(6-13)10-19/h11-15,17,20H,3-10H2,1-2H3,(H,21,24). The molecular weight excluding hydrogens is 300 g/mol. The second kappa shape index (κ2) is 6.17. The Balaban J connectivity index is 1.33. The zero-order valence-electron chi connectivity index (χ0n) is 14.9. The van der Waals surface area contributed by atoms with Crippen molar-refractivity contribution in [1.82, 2.24) is 20.4 Å². The molecule has 1 heterocycles. The summed E-state index contributed by atoms with van der Waals surface area (Å²) in [7, 11) is 3.71. The van der Waals surface area contributed by atoms with Gasteiger partial charge in [-0.1, -0.05) is 0 Å². The highest BCUT2D eigenvalue weighted by Gasteiger charge is 2.50. The largest absolute Gasteiger partial charge is 0.354 e. The summed E-state index contributed by atoms with van der Waals surface area (Å²) >= 11 is 0. The maximum absolute atomic E-state index is 12.6. The molecule has 5 heteroatoms. The molecule has 4 bridgehead atoms. The van der Waals surface area contributed by atoms with Crippen molar-refractivity contribution in [2.75, 3.05) is 13.6 Å². The number of aromatic nitrogens is 2. The molecule has 1 aromatic heterocycles. The zero-order valence-corrected chi connectivity index (χ0v) is 14.9. The van der Waals surface area contributed by atoms with Crippen LogP contribution in [0.4, 0.5) is 0 Å². The van der Waals surface area contributed by atoms with Crippen molar-refractivity contribution in [2.24, 2.45) is 30.2 Å². The summed E-state index contributed by atoms with van der Waals surface area (Å²) in [6.45, 7) is 0.809. The topological polar surface area (TPSA) is 59.0 Å². The first kappa shape index (κ1) is 16.1. The van der Waals surface area contributed by atoms with Gasteiger partial charge < -0.3 is 10.6 Å². The van der Waals surface area contributed by atoms with E-state index >= 15 is 0 Å². The third-order valence-electron chi connectivity index (χ3n) is 6.73. The zero-order chi connectivity index (χ0) is 16.7. The number of nitrogens with zero attached hydrogens (tertiary/aromatic N) is 2. The molecule has 1 aromatic rings. The van der Waals surface area contributed by atoms with Gasteiger partial charge in [-0.3, -0.25) is 9.48 Å². The molecule has 24 heavy (non-hydrogen) atoms. The predicted molar refractivity (Wildman–Crippen MR) is 93.2 cm³/mol. The van der Waals surface area contributed by atoms with Crippen LogP contribution in [0.1, 0.15) is 56.6 Å². The minimum Gasteiger partial charge on any atom is -0.354 e. The first-order valence-electron chi connectivity index (χ1n) is 9.50. The molecule has 132 valence electrons. The van der Waals surface area contributed by atoms with Gasteiger partial charge >= 0.3 is 0 Å². The lowest BCUT2D eigenvalue weighted by Crippen LogP contribution is -2.47. The predicted octanol–water partition coefficient (Wildman–Crippen LogP) is 2.40. The maximum atomic E-state index is 12.6. The van der Waals surface area contributed by atoms with Crippen molar-refractivity contribution < 1.29 is 4.79 Å². The van der Waals surface area contributed by atoms with Crippen LogP contribution in [0.15, 0.2) is 12.4 Å². The van der Waals surface area contributed by atoms with Crippen LogP contribution in [0.2, 0.25) is 0 Å². The van der Waals surface area contributed by atoms with Crippen molar-refractivity contribution >= 4 is 5.91 Å². The number of hydrogen-bond donors (Lipinski definition) is 2. The number of carbonyl (C=O) groups excluding carboxylic acids is 1. The van der Waals surface area contributed by atoms with E-state index in [9.17, 15) is 4.79 Å².